The van der Waals surface area contributed by atoms with Crippen LogP contribution in [0.15, 0.2) is 0 Å². The number of hydrogen-bond acceptors (Lipinski definition) is 4. The highest BCUT2D eigenvalue weighted by atomic mass is 35.5. The molecule has 76 valence electrons. The summed E-state index contributed by atoms with van der Waals surface area (Å²) in [5, 5.41) is 9.35. The van der Waals surface area contributed by atoms with Crippen LogP contribution in [-0.2, 0) is 0 Å². The van der Waals surface area contributed by atoms with E-state index in [1.54, 1.807) is 0 Å². The molecule has 0 N–H and O–H groups in total. The molecule has 1 aromatic heterocycles. The quantitative estimate of drug-likeness (QED) is 0.802. The number of halogens is 1. The predicted octanol–water partition coefficient (Wildman–Crippen LogP) is 3.09. The standard InChI is InChI=1S/C9H11ClN2OS/c1-5(2)6(3)13-9-12-8(10)7(4-11)14-9/h5-6H,1-3H3. The average molecular weight is 231 g/mol. The summed E-state index contributed by atoms with van der Waals surface area (Å²) in [6.45, 7) is 6.09. The summed E-state index contributed by atoms with van der Waals surface area (Å²) in [7, 11) is 0. The van der Waals surface area contributed by atoms with Crippen LogP contribution in [0.4, 0.5) is 0 Å². The van der Waals surface area contributed by atoms with E-state index in [-0.39, 0.29) is 11.3 Å². The van der Waals surface area contributed by atoms with Gasteiger partial charge in [0.25, 0.3) is 5.19 Å². The Balaban J connectivity index is 2.74. The third-order valence-corrected chi connectivity index (χ3v) is 3.13. The number of hydrogen-bond donors (Lipinski definition) is 0. The van der Waals surface area contributed by atoms with Crippen molar-refractivity contribution >= 4 is 22.9 Å². The van der Waals surface area contributed by atoms with Gasteiger partial charge in [0.1, 0.15) is 17.1 Å². The maximum Gasteiger partial charge on any atom is 0.276 e. The van der Waals surface area contributed by atoms with Gasteiger partial charge in [-0.1, -0.05) is 36.8 Å². The van der Waals surface area contributed by atoms with Crippen LogP contribution < -0.4 is 4.74 Å². The van der Waals surface area contributed by atoms with Gasteiger partial charge in [0.15, 0.2) is 5.15 Å². The second-order valence-corrected chi connectivity index (χ2v) is 4.60. The average Bonchev–Trinajstić information content (AvgIpc) is 2.45. The minimum absolute atomic E-state index is 0.0729. The molecule has 0 saturated heterocycles. The summed E-state index contributed by atoms with van der Waals surface area (Å²) in [4.78, 5) is 4.34. The molecule has 14 heavy (non-hydrogen) atoms. The fourth-order valence-corrected chi connectivity index (χ4v) is 1.67. The van der Waals surface area contributed by atoms with Crippen LogP contribution in [0, 0.1) is 17.2 Å². The van der Waals surface area contributed by atoms with E-state index in [2.05, 4.69) is 18.8 Å². The smallest absolute Gasteiger partial charge is 0.276 e. The van der Waals surface area contributed by atoms with Crippen molar-refractivity contribution in [2.24, 2.45) is 5.92 Å². The zero-order chi connectivity index (χ0) is 10.7. The predicted molar refractivity (Wildman–Crippen MR) is 56.8 cm³/mol. The summed E-state index contributed by atoms with van der Waals surface area (Å²) in [5.41, 5.74) is 0. The largest absolute Gasteiger partial charge is 0.467 e. The molecule has 0 aromatic carbocycles. The van der Waals surface area contributed by atoms with E-state index in [0.29, 0.717) is 16.0 Å². The lowest BCUT2D eigenvalue weighted by Crippen LogP contribution is -2.18. The van der Waals surface area contributed by atoms with Crippen LogP contribution in [0.1, 0.15) is 25.6 Å². The van der Waals surface area contributed by atoms with Gasteiger partial charge in [-0.15, -0.1) is 0 Å². The number of thiazole rings is 1. The molecule has 0 radical (unpaired) electrons. The molecule has 1 unspecified atom stereocenters. The van der Waals surface area contributed by atoms with Crippen LogP contribution >= 0.6 is 22.9 Å². The van der Waals surface area contributed by atoms with Crippen LogP contribution in [0.2, 0.25) is 5.15 Å². The molecule has 0 spiro atoms. The SMILES string of the molecule is CC(C)C(C)Oc1nc(Cl)c(C#N)s1. The van der Waals surface area contributed by atoms with Crippen molar-refractivity contribution < 1.29 is 4.74 Å². The van der Waals surface area contributed by atoms with Crippen LogP contribution in [0.25, 0.3) is 0 Å². The van der Waals surface area contributed by atoms with Gasteiger partial charge < -0.3 is 4.74 Å². The Morgan fingerprint density at radius 2 is 2.14 bits per heavy atom. The van der Waals surface area contributed by atoms with Gasteiger partial charge in [-0.25, -0.2) is 0 Å². The minimum Gasteiger partial charge on any atom is -0.467 e. The van der Waals surface area contributed by atoms with E-state index in [1.807, 2.05) is 13.0 Å². The molecule has 1 atom stereocenters. The van der Waals surface area contributed by atoms with Crippen molar-refractivity contribution in [1.29, 1.82) is 5.26 Å². The van der Waals surface area contributed by atoms with E-state index in [1.165, 1.54) is 11.3 Å². The second kappa shape index (κ2) is 4.63. The maximum atomic E-state index is 8.66. The van der Waals surface area contributed by atoms with Gasteiger partial charge in [-0.2, -0.15) is 10.2 Å². The molecule has 0 aliphatic rings. The van der Waals surface area contributed by atoms with Crippen molar-refractivity contribution in [3.63, 3.8) is 0 Å². The number of aromatic nitrogens is 1. The second-order valence-electron chi connectivity index (χ2n) is 3.28. The lowest BCUT2D eigenvalue weighted by atomic mass is 10.1. The normalized spacial score (nSPS) is 12.6. The van der Waals surface area contributed by atoms with Crippen LogP contribution in [0.5, 0.6) is 5.19 Å². The van der Waals surface area contributed by atoms with Crippen molar-refractivity contribution in [1.82, 2.24) is 4.98 Å². The molecule has 5 heteroatoms. The van der Waals surface area contributed by atoms with Crippen molar-refractivity contribution in [2.45, 2.75) is 26.9 Å². The Hall–Kier alpha value is -0.790. The van der Waals surface area contributed by atoms with Crippen LogP contribution in [-0.4, -0.2) is 11.1 Å². The fraction of sp³-hybridized carbons (Fsp3) is 0.556. The molecule has 0 fully saturated rings. The molecule has 3 nitrogen and oxygen atoms in total. The summed E-state index contributed by atoms with van der Waals surface area (Å²) < 4.78 is 5.51. The Kier molecular flexibility index (Phi) is 3.73. The van der Waals surface area contributed by atoms with E-state index in [0.717, 1.165) is 0 Å². The molecule has 0 amide bonds. The highest BCUT2D eigenvalue weighted by Crippen LogP contribution is 2.29. The van der Waals surface area contributed by atoms with Crippen LogP contribution in [0.3, 0.4) is 0 Å². The summed E-state index contributed by atoms with van der Waals surface area (Å²) in [5.74, 6) is 0.406. The number of ether oxygens (including phenoxy) is 1. The van der Waals surface area contributed by atoms with E-state index in [4.69, 9.17) is 21.6 Å². The first-order chi connectivity index (χ1) is 6.54. The summed E-state index contributed by atoms with van der Waals surface area (Å²) >= 11 is 6.88. The Morgan fingerprint density at radius 3 is 2.57 bits per heavy atom. The zero-order valence-corrected chi connectivity index (χ0v) is 9.82. The lowest BCUT2D eigenvalue weighted by Gasteiger charge is -2.15. The molecular weight excluding hydrogens is 220 g/mol. The molecule has 0 bridgehead atoms. The molecule has 0 aliphatic heterocycles. The van der Waals surface area contributed by atoms with E-state index < -0.39 is 0 Å². The van der Waals surface area contributed by atoms with Gasteiger partial charge >= 0.3 is 0 Å². The highest BCUT2D eigenvalue weighted by molar-refractivity contribution is 7.14. The Morgan fingerprint density at radius 1 is 1.50 bits per heavy atom. The topological polar surface area (TPSA) is 45.9 Å². The minimum atomic E-state index is 0.0729. The number of nitrogens with zero attached hydrogens (tertiary/aromatic N) is 2. The highest BCUT2D eigenvalue weighted by Gasteiger charge is 2.14. The third-order valence-electron chi connectivity index (χ3n) is 1.89. The van der Waals surface area contributed by atoms with Crippen molar-refractivity contribution in [3.05, 3.63) is 10.0 Å². The van der Waals surface area contributed by atoms with E-state index in [9.17, 15) is 0 Å². The van der Waals surface area contributed by atoms with Gasteiger partial charge in [0, 0.05) is 0 Å². The zero-order valence-electron chi connectivity index (χ0n) is 8.24. The van der Waals surface area contributed by atoms with Gasteiger partial charge in [0.05, 0.1) is 0 Å². The molecular formula is C9H11ClN2OS. The van der Waals surface area contributed by atoms with Gasteiger partial charge in [-0.3, -0.25) is 0 Å². The molecule has 1 heterocycles. The number of nitriles is 1. The Labute approximate surface area is 92.3 Å². The Bertz CT molecular complexity index is 356. The fourth-order valence-electron chi connectivity index (χ4n) is 0.698. The first-order valence-electron chi connectivity index (χ1n) is 4.27. The maximum absolute atomic E-state index is 8.66. The lowest BCUT2D eigenvalue weighted by molar-refractivity contribution is 0.170. The first kappa shape index (κ1) is 11.3. The van der Waals surface area contributed by atoms with Crippen molar-refractivity contribution in [3.8, 4) is 11.3 Å². The molecule has 0 aliphatic carbocycles. The molecule has 1 rings (SSSR count). The van der Waals surface area contributed by atoms with Gasteiger partial charge in [-0.05, 0) is 12.8 Å². The monoisotopic (exact) mass is 230 g/mol. The van der Waals surface area contributed by atoms with E-state index >= 15 is 0 Å². The molecule has 1 aromatic rings. The van der Waals surface area contributed by atoms with Gasteiger partial charge in [0.2, 0.25) is 0 Å². The molecule has 0 saturated carbocycles. The van der Waals surface area contributed by atoms with Crippen molar-refractivity contribution in [2.75, 3.05) is 0 Å². The third kappa shape index (κ3) is 2.60. The summed E-state index contributed by atoms with van der Waals surface area (Å²) in [6.07, 6.45) is 0.0729. The summed E-state index contributed by atoms with van der Waals surface area (Å²) in [6, 6.07) is 1.96. The number of rotatable bonds is 3. The first-order valence-corrected chi connectivity index (χ1v) is 5.47.